The van der Waals surface area contributed by atoms with Crippen molar-refractivity contribution in [3.63, 3.8) is 0 Å². The standard InChI is InChI=1S/C24H18N2O5/c1-29-18-10-8-17(9-11-18)24(28)19(13-15-5-3-2-4-6-15)22(23(27)30-24)16-7-12-20-21(14-16)26-31-25-20/h2-12,14,28H,13H2,1H3. The van der Waals surface area contributed by atoms with E-state index in [2.05, 4.69) is 10.3 Å². The fourth-order valence-electron chi connectivity index (χ4n) is 3.83. The van der Waals surface area contributed by atoms with E-state index in [4.69, 9.17) is 14.1 Å². The number of methoxy groups -OCH3 is 1. The molecule has 3 aromatic carbocycles. The first kappa shape index (κ1) is 19.0. The molecule has 0 saturated heterocycles. The Morgan fingerprint density at radius 2 is 1.71 bits per heavy atom. The van der Waals surface area contributed by atoms with Crippen molar-refractivity contribution in [3.8, 4) is 5.75 Å². The number of carbonyl (C=O) groups excluding carboxylic acids is 1. The number of cyclic esters (lactones) is 1. The average molecular weight is 414 g/mol. The van der Waals surface area contributed by atoms with Crippen molar-refractivity contribution >= 4 is 22.6 Å². The van der Waals surface area contributed by atoms with E-state index in [1.165, 1.54) is 0 Å². The monoisotopic (exact) mass is 414 g/mol. The fraction of sp³-hybridized carbons (Fsp3) is 0.125. The Morgan fingerprint density at radius 3 is 2.45 bits per heavy atom. The molecule has 0 saturated carbocycles. The number of hydrogen-bond acceptors (Lipinski definition) is 7. The van der Waals surface area contributed by atoms with Gasteiger partial charge in [0.15, 0.2) is 0 Å². The van der Waals surface area contributed by atoms with Crippen LogP contribution in [0.3, 0.4) is 0 Å². The summed E-state index contributed by atoms with van der Waals surface area (Å²) in [5.41, 5.74) is 3.78. The molecule has 0 amide bonds. The van der Waals surface area contributed by atoms with E-state index in [1.807, 2.05) is 30.3 Å². The van der Waals surface area contributed by atoms with Gasteiger partial charge in [0, 0.05) is 17.6 Å². The highest BCUT2D eigenvalue weighted by atomic mass is 16.7. The van der Waals surface area contributed by atoms with Crippen molar-refractivity contribution in [2.24, 2.45) is 0 Å². The predicted octanol–water partition coefficient (Wildman–Crippen LogP) is 3.63. The van der Waals surface area contributed by atoms with Crippen LogP contribution in [0.2, 0.25) is 0 Å². The van der Waals surface area contributed by atoms with E-state index in [9.17, 15) is 9.90 Å². The summed E-state index contributed by atoms with van der Waals surface area (Å²) in [6, 6.07) is 21.6. The molecule has 1 N–H and O–H groups in total. The second kappa shape index (κ2) is 7.37. The average Bonchev–Trinajstić information content (AvgIpc) is 3.36. The van der Waals surface area contributed by atoms with Gasteiger partial charge in [-0.3, -0.25) is 0 Å². The van der Waals surface area contributed by atoms with Crippen LogP contribution in [0.5, 0.6) is 5.75 Å². The highest BCUT2D eigenvalue weighted by Gasteiger charge is 2.48. The van der Waals surface area contributed by atoms with Gasteiger partial charge < -0.3 is 14.6 Å². The number of benzene rings is 3. The minimum atomic E-state index is -1.91. The summed E-state index contributed by atoms with van der Waals surface area (Å²) >= 11 is 0. The molecule has 0 radical (unpaired) electrons. The first-order valence-electron chi connectivity index (χ1n) is 9.69. The molecule has 5 rings (SSSR count). The quantitative estimate of drug-likeness (QED) is 0.498. The lowest BCUT2D eigenvalue weighted by Crippen LogP contribution is -2.29. The largest absolute Gasteiger partial charge is 0.497 e. The van der Waals surface area contributed by atoms with Crippen molar-refractivity contribution in [2.75, 3.05) is 7.11 Å². The van der Waals surface area contributed by atoms with Gasteiger partial charge in [0.25, 0.3) is 5.79 Å². The molecule has 2 heterocycles. The summed E-state index contributed by atoms with van der Waals surface area (Å²) in [4.78, 5) is 13.0. The Morgan fingerprint density at radius 1 is 0.968 bits per heavy atom. The van der Waals surface area contributed by atoms with E-state index in [0.717, 1.165) is 5.56 Å². The van der Waals surface area contributed by atoms with E-state index in [0.29, 0.717) is 45.5 Å². The molecule has 1 aliphatic rings. The zero-order valence-electron chi connectivity index (χ0n) is 16.6. The van der Waals surface area contributed by atoms with Crippen molar-refractivity contribution in [3.05, 3.63) is 95.1 Å². The summed E-state index contributed by atoms with van der Waals surface area (Å²) in [5, 5.41) is 19.3. The van der Waals surface area contributed by atoms with Gasteiger partial charge in [-0.1, -0.05) is 36.4 Å². The molecule has 1 unspecified atom stereocenters. The van der Waals surface area contributed by atoms with Crippen LogP contribution in [0.4, 0.5) is 0 Å². The maximum Gasteiger partial charge on any atom is 0.342 e. The molecule has 1 aliphatic heterocycles. The number of fused-ring (bicyclic) bond motifs is 1. The number of aliphatic hydroxyl groups is 1. The smallest absolute Gasteiger partial charge is 0.342 e. The van der Waals surface area contributed by atoms with Crippen LogP contribution in [-0.4, -0.2) is 28.5 Å². The molecule has 1 atom stereocenters. The Labute approximate surface area is 177 Å². The van der Waals surface area contributed by atoms with Gasteiger partial charge in [0.1, 0.15) is 16.8 Å². The lowest BCUT2D eigenvalue weighted by atomic mass is 9.88. The van der Waals surface area contributed by atoms with Gasteiger partial charge in [-0.25, -0.2) is 9.42 Å². The molecular formula is C24H18N2O5. The molecule has 154 valence electrons. The highest BCUT2D eigenvalue weighted by Crippen LogP contribution is 2.45. The number of ether oxygens (including phenoxy) is 2. The van der Waals surface area contributed by atoms with Crippen LogP contribution in [0.1, 0.15) is 16.7 Å². The van der Waals surface area contributed by atoms with E-state index in [-0.39, 0.29) is 0 Å². The fourth-order valence-corrected chi connectivity index (χ4v) is 3.83. The van der Waals surface area contributed by atoms with Crippen LogP contribution in [0.25, 0.3) is 16.6 Å². The zero-order valence-corrected chi connectivity index (χ0v) is 16.6. The van der Waals surface area contributed by atoms with Gasteiger partial charge >= 0.3 is 5.97 Å². The van der Waals surface area contributed by atoms with Crippen LogP contribution in [0.15, 0.2) is 83.0 Å². The van der Waals surface area contributed by atoms with Crippen molar-refractivity contribution in [2.45, 2.75) is 12.2 Å². The zero-order chi connectivity index (χ0) is 21.4. The Hall–Kier alpha value is -3.97. The molecule has 31 heavy (non-hydrogen) atoms. The minimum absolute atomic E-state index is 0.298. The third kappa shape index (κ3) is 3.25. The van der Waals surface area contributed by atoms with Crippen LogP contribution in [0, 0.1) is 0 Å². The third-order valence-electron chi connectivity index (χ3n) is 5.40. The van der Waals surface area contributed by atoms with E-state index in [1.54, 1.807) is 49.6 Å². The van der Waals surface area contributed by atoms with Crippen LogP contribution in [-0.2, 0) is 21.7 Å². The summed E-state index contributed by atoms with van der Waals surface area (Å²) in [7, 11) is 1.56. The lowest BCUT2D eigenvalue weighted by Gasteiger charge is -2.26. The number of nitrogens with zero attached hydrogens (tertiary/aromatic N) is 2. The van der Waals surface area contributed by atoms with Crippen molar-refractivity contribution < 1.29 is 24.0 Å². The second-order valence-electron chi connectivity index (χ2n) is 7.25. The minimum Gasteiger partial charge on any atom is -0.497 e. The Balaban J connectivity index is 1.69. The number of hydrogen-bond donors (Lipinski definition) is 1. The Kier molecular flexibility index (Phi) is 4.52. The predicted molar refractivity (Wildman–Crippen MR) is 112 cm³/mol. The number of esters is 1. The maximum absolute atomic E-state index is 13.0. The van der Waals surface area contributed by atoms with E-state index < -0.39 is 11.8 Å². The van der Waals surface area contributed by atoms with Crippen molar-refractivity contribution in [1.82, 2.24) is 10.3 Å². The molecular weight excluding hydrogens is 396 g/mol. The second-order valence-corrected chi connectivity index (χ2v) is 7.25. The summed E-state index contributed by atoms with van der Waals surface area (Å²) in [6.45, 7) is 0. The van der Waals surface area contributed by atoms with Crippen molar-refractivity contribution in [1.29, 1.82) is 0 Å². The lowest BCUT2D eigenvalue weighted by molar-refractivity contribution is -0.185. The molecule has 4 aromatic rings. The van der Waals surface area contributed by atoms with Gasteiger partial charge in [-0.2, -0.15) is 0 Å². The topological polar surface area (TPSA) is 94.7 Å². The number of aromatic nitrogens is 2. The Bertz CT molecular complexity index is 1290. The molecule has 0 spiro atoms. The molecule has 7 nitrogen and oxygen atoms in total. The van der Waals surface area contributed by atoms with Crippen LogP contribution < -0.4 is 4.74 Å². The first-order chi connectivity index (χ1) is 15.1. The van der Waals surface area contributed by atoms with Crippen LogP contribution >= 0.6 is 0 Å². The molecule has 0 bridgehead atoms. The van der Waals surface area contributed by atoms with E-state index >= 15 is 0 Å². The van der Waals surface area contributed by atoms with Gasteiger partial charge in [0.2, 0.25) is 0 Å². The highest BCUT2D eigenvalue weighted by molar-refractivity contribution is 6.20. The molecule has 1 aromatic heterocycles. The molecule has 7 heteroatoms. The summed E-state index contributed by atoms with van der Waals surface area (Å²) in [6.07, 6.45) is 0.319. The van der Waals surface area contributed by atoms with Gasteiger partial charge in [-0.05, 0) is 57.8 Å². The SMILES string of the molecule is COc1ccc(C2(O)OC(=O)C(c3ccc4nonc4c3)=C2Cc2ccccc2)cc1. The summed E-state index contributed by atoms with van der Waals surface area (Å²) in [5.74, 6) is -1.89. The normalized spacial score (nSPS) is 18.5. The summed E-state index contributed by atoms with van der Waals surface area (Å²) < 4.78 is 15.6. The van der Waals surface area contributed by atoms with Gasteiger partial charge in [-0.15, -0.1) is 0 Å². The number of rotatable bonds is 5. The molecule has 0 aliphatic carbocycles. The molecule has 0 fully saturated rings. The van der Waals surface area contributed by atoms with Gasteiger partial charge in [0.05, 0.1) is 12.7 Å². The first-order valence-corrected chi connectivity index (χ1v) is 9.69. The number of carbonyl (C=O) groups is 1. The third-order valence-corrected chi connectivity index (χ3v) is 5.40. The maximum atomic E-state index is 13.0.